The molecule has 18 heavy (non-hydrogen) atoms. The van der Waals surface area contributed by atoms with E-state index in [4.69, 9.17) is 15.1 Å². The van der Waals surface area contributed by atoms with Crippen LogP contribution in [-0.2, 0) is 11.3 Å². The quantitative estimate of drug-likeness (QED) is 0.765. The van der Waals surface area contributed by atoms with Gasteiger partial charge in [-0.15, -0.1) is 0 Å². The van der Waals surface area contributed by atoms with Crippen molar-refractivity contribution in [3.63, 3.8) is 0 Å². The van der Waals surface area contributed by atoms with E-state index in [2.05, 4.69) is 5.32 Å². The molecule has 0 radical (unpaired) electrons. The molecular weight excluding hydrogens is 235 g/mol. The van der Waals surface area contributed by atoms with Crippen LogP contribution in [0.25, 0.3) is 0 Å². The zero-order valence-corrected chi connectivity index (χ0v) is 10.3. The molecule has 1 atom stereocenters. The summed E-state index contributed by atoms with van der Waals surface area (Å²) in [6.07, 6.45) is 0.583. The molecule has 0 aliphatic heterocycles. The third-order valence-corrected chi connectivity index (χ3v) is 2.59. The summed E-state index contributed by atoms with van der Waals surface area (Å²) in [5, 5.41) is 20.8. The van der Waals surface area contributed by atoms with E-state index in [0.29, 0.717) is 19.6 Å². The van der Waals surface area contributed by atoms with Gasteiger partial charge in [0.2, 0.25) is 0 Å². The molecule has 0 bridgehead atoms. The summed E-state index contributed by atoms with van der Waals surface area (Å²) in [6, 6.07) is 6.28. The van der Waals surface area contributed by atoms with Crippen molar-refractivity contribution in [1.29, 1.82) is 5.26 Å². The minimum atomic E-state index is -0.509. The molecule has 0 saturated heterocycles. The van der Waals surface area contributed by atoms with Crippen LogP contribution in [0.15, 0.2) is 18.2 Å². The first-order chi connectivity index (χ1) is 8.71. The Balaban J connectivity index is 2.59. The molecule has 1 aromatic rings. The number of aliphatic hydroxyl groups is 1. The Morgan fingerprint density at radius 3 is 2.94 bits per heavy atom. The Hall–Kier alpha value is -1.48. The Kier molecular flexibility index (Phi) is 6.29. The first-order valence-electron chi connectivity index (χ1n) is 5.73. The van der Waals surface area contributed by atoms with Crippen molar-refractivity contribution in [2.75, 3.05) is 20.3 Å². The lowest BCUT2D eigenvalue weighted by molar-refractivity contribution is 0.148. The monoisotopic (exact) mass is 252 g/mol. The second-order valence-electron chi connectivity index (χ2n) is 3.97. The van der Waals surface area contributed by atoms with Crippen LogP contribution in [-0.4, -0.2) is 31.5 Å². The largest absolute Gasteiger partial charge is 0.396 e. The van der Waals surface area contributed by atoms with Crippen LogP contribution in [0.3, 0.4) is 0 Å². The van der Waals surface area contributed by atoms with Gasteiger partial charge in [0.25, 0.3) is 0 Å². The van der Waals surface area contributed by atoms with Crippen LogP contribution < -0.4 is 5.32 Å². The summed E-state index contributed by atoms with van der Waals surface area (Å²) >= 11 is 0. The second kappa shape index (κ2) is 7.77. The molecule has 5 heteroatoms. The van der Waals surface area contributed by atoms with Crippen molar-refractivity contribution in [2.45, 2.75) is 19.0 Å². The normalized spacial score (nSPS) is 12.1. The molecule has 4 nitrogen and oxygen atoms in total. The summed E-state index contributed by atoms with van der Waals surface area (Å²) in [6.45, 7) is 1.07. The van der Waals surface area contributed by atoms with Gasteiger partial charge in [0.05, 0.1) is 12.2 Å². The molecule has 0 aromatic heterocycles. The Labute approximate surface area is 106 Å². The van der Waals surface area contributed by atoms with E-state index in [1.807, 2.05) is 0 Å². The number of nitriles is 1. The molecule has 1 unspecified atom stereocenters. The highest BCUT2D eigenvalue weighted by Gasteiger charge is 2.08. The zero-order valence-electron chi connectivity index (χ0n) is 10.3. The summed E-state index contributed by atoms with van der Waals surface area (Å²) < 4.78 is 18.1. The van der Waals surface area contributed by atoms with E-state index < -0.39 is 5.82 Å². The van der Waals surface area contributed by atoms with Gasteiger partial charge < -0.3 is 15.2 Å². The fourth-order valence-corrected chi connectivity index (χ4v) is 1.63. The van der Waals surface area contributed by atoms with Gasteiger partial charge >= 0.3 is 0 Å². The van der Waals surface area contributed by atoms with Gasteiger partial charge in [-0.05, 0) is 24.1 Å². The van der Waals surface area contributed by atoms with Gasteiger partial charge in [-0.2, -0.15) is 5.26 Å². The average Bonchev–Trinajstić information content (AvgIpc) is 2.38. The second-order valence-corrected chi connectivity index (χ2v) is 3.97. The maximum absolute atomic E-state index is 13.1. The van der Waals surface area contributed by atoms with Crippen molar-refractivity contribution in [1.82, 2.24) is 5.32 Å². The average molecular weight is 252 g/mol. The van der Waals surface area contributed by atoms with Crippen LogP contribution in [0.1, 0.15) is 17.5 Å². The predicted molar refractivity (Wildman–Crippen MR) is 65.3 cm³/mol. The molecule has 0 amide bonds. The van der Waals surface area contributed by atoms with Gasteiger partial charge in [0.15, 0.2) is 0 Å². The predicted octanol–water partition coefficient (Wildman–Crippen LogP) is 1.18. The molecule has 0 saturated carbocycles. The highest BCUT2D eigenvalue weighted by Crippen LogP contribution is 2.09. The minimum absolute atomic E-state index is 0.0376. The van der Waals surface area contributed by atoms with E-state index in [9.17, 15) is 4.39 Å². The topological polar surface area (TPSA) is 65.3 Å². The molecule has 0 heterocycles. The Morgan fingerprint density at radius 2 is 2.33 bits per heavy atom. The van der Waals surface area contributed by atoms with Crippen LogP contribution in [0.4, 0.5) is 4.39 Å². The maximum Gasteiger partial charge on any atom is 0.140 e. The summed E-state index contributed by atoms with van der Waals surface area (Å²) in [5.41, 5.74) is 0.867. The molecule has 0 spiro atoms. The van der Waals surface area contributed by atoms with Crippen LogP contribution in [0.2, 0.25) is 0 Å². The molecule has 98 valence electrons. The highest BCUT2D eigenvalue weighted by molar-refractivity contribution is 5.34. The van der Waals surface area contributed by atoms with Gasteiger partial charge in [-0.3, -0.25) is 0 Å². The minimum Gasteiger partial charge on any atom is -0.396 e. The fraction of sp³-hybridized carbons (Fsp3) is 0.462. The van der Waals surface area contributed by atoms with E-state index in [1.165, 1.54) is 12.1 Å². The number of hydrogen-bond acceptors (Lipinski definition) is 4. The van der Waals surface area contributed by atoms with Gasteiger partial charge in [-0.1, -0.05) is 6.07 Å². The van der Waals surface area contributed by atoms with Crippen molar-refractivity contribution >= 4 is 0 Å². The van der Waals surface area contributed by atoms with Crippen LogP contribution >= 0.6 is 0 Å². The van der Waals surface area contributed by atoms with Gasteiger partial charge in [-0.25, -0.2) is 4.39 Å². The SMILES string of the molecule is COCC(CCO)NCc1ccc(F)c(C#N)c1. The van der Waals surface area contributed by atoms with E-state index in [-0.39, 0.29) is 18.2 Å². The summed E-state index contributed by atoms with van der Waals surface area (Å²) in [5.74, 6) is -0.509. The standard InChI is InChI=1S/C13H17FN2O2/c1-18-9-12(4-5-17)16-8-10-2-3-13(14)11(6-10)7-15/h2-3,6,12,16-17H,4-5,8-9H2,1H3. The Morgan fingerprint density at radius 1 is 1.56 bits per heavy atom. The Bertz CT molecular complexity index is 412. The van der Waals surface area contributed by atoms with Crippen molar-refractivity contribution in [3.05, 3.63) is 35.1 Å². The number of ether oxygens (including phenoxy) is 1. The van der Waals surface area contributed by atoms with Gasteiger partial charge in [0.1, 0.15) is 11.9 Å². The maximum atomic E-state index is 13.1. The van der Waals surface area contributed by atoms with E-state index >= 15 is 0 Å². The number of nitrogens with zero attached hydrogens (tertiary/aromatic N) is 1. The van der Waals surface area contributed by atoms with Crippen molar-refractivity contribution in [3.8, 4) is 6.07 Å². The molecular formula is C13H17FN2O2. The molecule has 0 aliphatic carbocycles. The lowest BCUT2D eigenvalue weighted by Crippen LogP contribution is -2.33. The first-order valence-corrected chi connectivity index (χ1v) is 5.73. The van der Waals surface area contributed by atoms with Crippen LogP contribution in [0.5, 0.6) is 0 Å². The smallest absolute Gasteiger partial charge is 0.140 e. The number of benzene rings is 1. The van der Waals surface area contributed by atoms with Crippen molar-refractivity contribution in [2.24, 2.45) is 0 Å². The van der Waals surface area contributed by atoms with E-state index in [1.54, 1.807) is 19.2 Å². The molecule has 0 aliphatic rings. The van der Waals surface area contributed by atoms with E-state index in [0.717, 1.165) is 5.56 Å². The van der Waals surface area contributed by atoms with Crippen molar-refractivity contribution < 1.29 is 14.2 Å². The van der Waals surface area contributed by atoms with Gasteiger partial charge in [0, 0.05) is 26.3 Å². The number of nitrogens with one attached hydrogen (secondary N) is 1. The zero-order chi connectivity index (χ0) is 13.4. The fourth-order valence-electron chi connectivity index (χ4n) is 1.63. The number of halogens is 1. The molecule has 2 N–H and O–H groups in total. The lowest BCUT2D eigenvalue weighted by Gasteiger charge is -2.16. The lowest BCUT2D eigenvalue weighted by atomic mass is 10.1. The molecule has 1 aromatic carbocycles. The number of aliphatic hydroxyl groups excluding tert-OH is 1. The summed E-state index contributed by atoms with van der Waals surface area (Å²) in [7, 11) is 1.59. The summed E-state index contributed by atoms with van der Waals surface area (Å²) in [4.78, 5) is 0. The molecule has 0 fully saturated rings. The third kappa shape index (κ3) is 4.41. The third-order valence-electron chi connectivity index (χ3n) is 2.59. The van der Waals surface area contributed by atoms with Crippen LogP contribution in [0, 0.1) is 17.1 Å². The number of methoxy groups -OCH3 is 1. The molecule has 1 rings (SSSR count). The number of rotatable bonds is 7. The first kappa shape index (κ1) is 14.6. The highest BCUT2D eigenvalue weighted by atomic mass is 19.1. The number of hydrogen-bond donors (Lipinski definition) is 2.